The predicted molar refractivity (Wildman–Crippen MR) is 145 cm³/mol. The van der Waals surface area contributed by atoms with Crippen molar-refractivity contribution in [2.45, 2.75) is 65.2 Å². The first-order valence-corrected chi connectivity index (χ1v) is 12.7. The molecular formula is C29H39NO4S. The van der Waals surface area contributed by atoms with Crippen LogP contribution in [0.1, 0.15) is 70.8 Å². The quantitative estimate of drug-likeness (QED) is 0.111. The summed E-state index contributed by atoms with van der Waals surface area (Å²) in [5.74, 6) is 0.614. The van der Waals surface area contributed by atoms with Gasteiger partial charge in [0.1, 0.15) is 17.3 Å². The van der Waals surface area contributed by atoms with Gasteiger partial charge < -0.3 is 15.2 Å². The van der Waals surface area contributed by atoms with Gasteiger partial charge in [-0.1, -0.05) is 50.4 Å². The van der Waals surface area contributed by atoms with Crippen molar-refractivity contribution in [3.05, 3.63) is 66.8 Å². The second kappa shape index (κ2) is 13.4. The number of thiocarbonyl (C=S) groups is 1. The third-order valence-corrected chi connectivity index (χ3v) is 7.27. The first kappa shape index (κ1) is 28.5. The van der Waals surface area contributed by atoms with E-state index in [1.807, 2.05) is 0 Å². The van der Waals surface area contributed by atoms with Gasteiger partial charge in [0.05, 0.1) is 0 Å². The SMILES string of the molecule is C=C[C@]1(C)CC[C@@H](C(=C)COC(=O)CCCCCC(=O)Oc2ccc(C(N)=S)cc2)C[C@H]1C(=C)C. The Morgan fingerprint density at radius 2 is 1.77 bits per heavy atom. The molecular weight excluding hydrogens is 458 g/mol. The van der Waals surface area contributed by atoms with E-state index < -0.39 is 0 Å². The number of hydrogen-bond acceptors (Lipinski definition) is 5. The molecule has 0 aromatic heterocycles. The van der Waals surface area contributed by atoms with E-state index in [-0.39, 0.29) is 30.4 Å². The number of ether oxygens (including phenoxy) is 2. The zero-order chi connectivity index (χ0) is 26.0. The monoisotopic (exact) mass is 497 g/mol. The molecule has 0 bridgehead atoms. The molecule has 1 aliphatic rings. The molecule has 2 N–H and O–H groups in total. The smallest absolute Gasteiger partial charge is 0.311 e. The number of carbonyl (C=O) groups excluding carboxylic acids is 2. The predicted octanol–water partition coefficient (Wildman–Crippen LogP) is 6.46. The van der Waals surface area contributed by atoms with Crippen LogP contribution in [0.5, 0.6) is 5.75 Å². The van der Waals surface area contributed by atoms with Gasteiger partial charge in [-0.3, -0.25) is 9.59 Å². The maximum absolute atomic E-state index is 12.2. The van der Waals surface area contributed by atoms with Crippen LogP contribution in [0, 0.1) is 17.3 Å². The lowest BCUT2D eigenvalue weighted by molar-refractivity contribution is -0.143. The highest BCUT2D eigenvalue weighted by Crippen LogP contribution is 2.48. The van der Waals surface area contributed by atoms with Crippen molar-refractivity contribution in [2.24, 2.45) is 23.0 Å². The zero-order valence-corrected chi connectivity index (χ0v) is 22.0. The number of rotatable bonds is 13. The molecule has 1 aromatic rings. The summed E-state index contributed by atoms with van der Waals surface area (Å²) in [5.41, 5.74) is 8.48. The highest BCUT2D eigenvalue weighted by molar-refractivity contribution is 7.80. The van der Waals surface area contributed by atoms with Crippen molar-refractivity contribution < 1.29 is 19.1 Å². The molecule has 0 unspecified atom stereocenters. The number of benzene rings is 1. The zero-order valence-electron chi connectivity index (χ0n) is 21.1. The van der Waals surface area contributed by atoms with E-state index in [4.69, 9.17) is 27.4 Å². The minimum atomic E-state index is -0.306. The summed E-state index contributed by atoms with van der Waals surface area (Å²) >= 11 is 4.90. The Kier molecular flexibility index (Phi) is 10.9. The van der Waals surface area contributed by atoms with E-state index in [0.29, 0.717) is 41.8 Å². The van der Waals surface area contributed by atoms with E-state index >= 15 is 0 Å². The molecule has 0 saturated heterocycles. The Balaban J connectivity index is 1.62. The number of unbranched alkanes of at least 4 members (excludes halogenated alkanes) is 2. The summed E-state index contributed by atoms with van der Waals surface area (Å²) in [7, 11) is 0. The van der Waals surface area contributed by atoms with Crippen LogP contribution in [0.25, 0.3) is 0 Å². The number of allylic oxidation sites excluding steroid dienone is 2. The van der Waals surface area contributed by atoms with Crippen molar-refractivity contribution in [3.63, 3.8) is 0 Å². The van der Waals surface area contributed by atoms with Gasteiger partial charge in [-0.2, -0.15) is 0 Å². The summed E-state index contributed by atoms with van der Waals surface area (Å²) in [6.07, 6.45) is 7.75. The van der Waals surface area contributed by atoms with Crippen LogP contribution in [0.15, 0.2) is 61.2 Å². The fraction of sp³-hybridized carbons (Fsp3) is 0.483. The standard InChI is InChI=1S/C29H39NO4S/c1-6-29(5)17-16-23(18-25(29)20(2)3)21(4)19-33-26(31)10-8-7-9-11-27(32)34-24-14-12-22(13-15-24)28(30)35/h6,12-15,23,25H,1-2,4,7-11,16-19H2,3,5H3,(H2,30,35)/t23-,25+,29-/m1/s1. The van der Waals surface area contributed by atoms with Gasteiger partial charge in [0.15, 0.2) is 0 Å². The lowest BCUT2D eigenvalue weighted by atomic mass is 9.61. The van der Waals surface area contributed by atoms with Crippen LogP contribution < -0.4 is 10.5 Å². The van der Waals surface area contributed by atoms with Crippen LogP contribution in [0.2, 0.25) is 0 Å². The van der Waals surface area contributed by atoms with Crippen molar-refractivity contribution in [3.8, 4) is 5.75 Å². The molecule has 0 aliphatic heterocycles. The maximum atomic E-state index is 12.2. The van der Waals surface area contributed by atoms with Gasteiger partial charge >= 0.3 is 11.9 Å². The summed E-state index contributed by atoms with van der Waals surface area (Å²) in [4.78, 5) is 24.5. The van der Waals surface area contributed by atoms with Crippen LogP contribution in [-0.4, -0.2) is 23.5 Å². The molecule has 2 rings (SSSR count). The van der Waals surface area contributed by atoms with E-state index in [9.17, 15) is 9.59 Å². The van der Waals surface area contributed by atoms with Crippen molar-refractivity contribution in [1.29, 1.82) is 0 Å². The van der Waals surface area contributed by atoms with Gasteiger partial charge in [-0.05, 0) is 86.1 Å². The lowest BCUT2D eigenvalue weighted by Crippen LogP contribution is -2.34. The largest absolute Gasteiger partial charge is 0.461 e. The first-order chi connectivity index (χ1) is 16.6. The van der Waals surface area contributed by atoms with Gasteiger partial charge in [-0.15, -0.1) is 6.58 Å². The molecule has 0 spiro atoms. The van der Waals surface area contributed by atoms with Gasteiger partial charge in [-0.25, -0.2) is 0 Å². The molecule has 1 aliphatic carbocycles. The second-order valence-corrected chi connectivity index (χ2v) is 10.3. The third kappa shape index (κ3) is 8.77. The van der Waals surface area contributed by atoms with Crippen molar-refractivity contribution in [1.82, 2.24) is 0 Å². The average Bonchev–Trinajstić information content (AvgIpc) is 2.82. The Morgan fingerprint density at radius 3 is 2.34 bits per heavy atom. The highest BCUT2D eigenvalue weighted by Gasteiger charge is 2.38. The molecule has 6 heteroatoms. The van der Waals surface area contributed by atoms with Gasteiger partial charge in [0, 0.05) is 18.4 Å². The average molecular weight is 498 g/mol. The first-order valence-electron chi connectivity index (χ1n) is 12.3. The molecule has 3 atom stereocenters. The summed E-state index contributed by atoms with van der Waals surface area (Å²) in [6.45, 7) is 17.0. The number of hydrogen-bond donors (Lipinski definition) is 1. The Morgan fingerprint density at radius 1 is 1.14 bits per heavy atom. The molecule has 35 heavy (non-hydrogen) atoms. The highest BCUT2D eigenvalue weighted by atomic mass is 32.1. The van der Waals surface area contributed by atoms with Gasteiger partial charge in [0.25, 0.3) is 0 Å². The normalized spacial score (nSPS) is 21.5. The molecule has 5 nitrogen and oxygen atoms in total. The van der Waals surface area contributed by atoms with Crippen LogP contribution >= 0.6 is 12.2 Å². The topological polar surface area (TPSA) is 78.6 Å². The van der Waals surface area contributed by atoms with E-state index in [0.717, 1.165) is 36.8 Å². The lowest BCUT2D eigenvalue weighted by Gasteiger charge is -2.43. The molecule has 0 heterocycles. The summed E-state index contributed by atoms with van der Waals surface area (Å²) in [6, 6.07) is 6.77. The molecule has 0 amide bonds. The summed E-state index contributed by atoms with van der Waals surface area (Å²) < 4.78 is 10.8. The Labute approximate surface area is 215 Å². The molecule has 1 aromatic carbocycles. The van der Waals surface area contributed by atoms with E-state index in [1.54, 1.807) is 24.3 Å². The molecule has 190 valence electrons. The second-order valence-electron chi connectivity index (χ2n) is 9.82. The van der Waals surface area contributed by atoms with Crippen LogP contribution in [0.3, 0.4) is 0 Å². The number of nitrogens with two attached hydrogens (primary N) is 1. The van der Waals surface area contributed by atoms with E-state index in [1.165, 1.54) is 5.57 Å². The Hall–Kier alpha value is -2.73. The summed E-state index contributed by atoms with van der Waals surface area (Å²) in [5, 5.41) is 0. The third-order valence-electron chi connectivity index (χ3n) is 7.04. The minimum Gasteiger partial charge on any atom is -0.461 e. The molecule has 1 saturated carbocycles. The maximum Gasteiger partial charge on any atom is 0.311 e. The molecule has 1 fully saturated rings. The molecule has 0 radical (unpaired) electrons. The number of carbonyl (C=O) groups is 2. The Bertz CT molecular complexity index is 952. The fourth-order valence-corrected chi connectivity index (χ4v) is 4.79. The fourth-order valence-electron chi connectivity index (χ4n) is 4.66. The van der Waals surface area contributed by atoms with Crippen LogP contribution in [0.4, 0.5) is 0 Å². The number of esters is 2. The van der Waals surface area contributed by atoms with Crippen LogP contribution in [-0.2, 0) is 14.3 Å². The van der Waals surface area contributed by atoms with Crippen molar-refractivity contribution >= 4 is 29.1 Å². The van der Waals surface area contributed by atoms with E-state index in [2.05, 4.69) is 39.7 Å². The van der Waals surface area contributed by atoms with Crippen molar-refractivity contribution in [2.75, 3.05) is 6.61 Å². The minimum absolute atomic E-state index is 0.0644. The van der Waals surface area contributed by atoms with Gasteiger partial charge in [0.2, 0.25) is 0 Å².